The van der Waals surface area contributed by atoms with E-state index in [2.05, 4.69) is 88.7 Å². The molecule has 1 heterocycles. The lowest BCUT2D eigenvalue weighted by Gasteiger charge is -2.50. The lowest BCUT2D eigenvalue weighted by Crippen LogP contribution is -2.53. The Kier molecular flexibility index (Phi) is 3.66. The van der Waals surface area contributed by atoms with Gasteiger partial charge in [-0.3, -0.25) is 0 Å². The lowest BCUT2D eigenvalue weighted by atomic mass is 9.84. The number of rotatable bonds is 1. The van der Waals surface area contributed by atoms with Crippen molar-refractivity contribution in [2.24, 2.45) is 0 Å². The fourth-order valence-electron chi connectivity index (χ4n) is 4.12. The van der Waals surface area contributed by atoms with Crippen LogP contribution >= 0.6 is 0 Å². The highest BCUT2D eigenvalue weighted by atomic mass is 15.4. The first-order valence-electron chi connectivity index (χ1n) is 8.40. The predicted octanol–water partition coefficient (Wildman–Crippen LogP) is 5.07. The number of fused-ring (bicyclic) bond motifs is 1. The van der Waals surface area contributed by atoms with Crippen molar-refractivity contribution in [3.63, 3.8) is 0 Å². The highest BCUT2D eigenvalue weighted by molar-refractivity contribution is 5.71. The van der Waals surface area contributed by atoms with Crippen LogP contribution in [-0.2, 0) is 5.54 Å². The van der Waals surface area contributed by atoms with Crippen LogP contribution < -0.4 is 9.80 Å². The summed E-state index contributed by atoms with van der Waals surface area (Å²) in [6.45, 7) is 14.5. The van der Waals surface area contributed by atoms with Gasteiger partial charge in [-0.05, 0) is 58.2 Å². The van der Waals surface area contributed by atoms with Crippen LogP contribution in [0.1, 0.15) is 41.7 Å². The van der Waals surface area contributed by atoms with Gasteiger partial charge in [-0.1, -0.05) is 35.9 Å². The highest BCUT2D eigenvalue weighted by Gasteiger charge is 2.38. The summed E-state index contributed by atoms with van der Waals surface area (Å²) < 4.78 is 0. The number of benzene rings is 2. The molecular formula is C21H28N2. The van der Waals surface area contributed by atoms with Gasteiger partial charge < -0.3 is 9.80 Å². The van der Waals surface area contributed by atoms with Crippen LogP contribution in [0.5, 0.6) is 0 Å². The molecule has 2 nitrogen and oxygen atoms in total. The molecule has 0 unspecified atom stereocenters. The fourth-order valence-corrected chi connectivity index (χ4v) is 4.12. The van der Waals surface area contributed by atoms with Crippen LogP contribution in [0.3, 0.4) is 0 Å². The van der Waals surface area contributed by atoms with Crippen LogP contribution in [0.15, 0.2) is 30.3 Å². The van der Waals surface area contributed by atoms with Gasteiger partial charge in [0.25, 0.3) is 0 Å². The zero-order valence-corrected chi connectivity index (χ0v) is 15.5. The monoisotopic (exact) mass is 308 g/mol. The highest BCUT2D eigenvalue weighted by Crippen LogP contribution is 2.45. The van der Waals surface area contributed by atoms with Crippen molar-refractivity contribution in [1.29, 1.82) is 0 Å². The van der Waals surface area contributed by atoms with Gasteiger partial charge in [-0.25, -0.2) is 0 Å². The third-order valence-corrected chi connectivity index (χ3v) is 5.22. The maximum Gasteiger partial charge on any atom is 0.0908 e. The molecule has 0 bridgehead atoms. The van der Waals surface area contributed by atoms with E-state index in [1.165, 1.54) is 39.2 Å². The largest absolute Gasteiger partial charge is 0.356 e. The van der Waals surface area contributed by atoms with E-state index >= 15 is 0 Å². The van der Waals surface area contributed by atoms with Crippen LogP contribution in [0.2, 0.25) is 0 Å². The Morgan fingerprint density at radius 1 is 0.870 bits per heavy atom. The van der Waals surface area contributed by atoms with Crippen molar-refractivity contribution >= 4 is 11.4 Å². The SMILES string of the molecule is Cc1cc(C)c2c(c1)C(C)(C)N(c1c(C)cccc1C)CN2C. The number of hydrogen-bond acceptors (Lipinski definition) is 2. The Morgan fingerprint density at radius 3 is 2.09 bits per heavy atom. The number of nitrogens with zero attached hydrogens (tertiary/aromatic N) is 2. The van der Waals surface area contributed by atoms with Crippen molar-refractivity contribution in [2.45, 2.75) is 47.1 Å². The summed E-state index contributed by atoms with van der Waals surface area (Å²) in [4.78, 5) is 4.94. The molecule has 2 aromatic rings. The second-order valence-corrected chi connectivity index (χ2v) is 7.54. The van der Waals surface area contributed by atoms with Gasteiger partial charge >= 0.3 is 0 Å². The molecule has 0 fully saturated rings. The fraction of sp³-hybridized carbons (Fsp3) is 0.429. The van der Waals surface area contributed by atoms with E-state index in [4.69, 9.17) is 0 Å². The van der Waals surface area contributed by atoms with E-state index in [-0.39, 0.29) is 5.54 Å². The number of anilines is 2. The maximum absolute atomic E-state index is 2.55. The zero-order valence-electron chi connectivity index (χ0n) is 15.5. The van der Waals surface area contributed by atoms with Gasteiger partial charge in [0.1, 0.15) is 0 Å². The number of para-hydroxylation sites is 1. The Bertz CT molecular complexity index is 738. The van der Waals surface area contributed by atoms with Crippen molar-refractivity contribution in [3.8, 4) is 0 Å². The molecule has 0 aliphatic carbocycles. The minimum atomic E-state index is -0.0322. The van der Waals surface area contributed by atoms with E-state index < -0.39 is 0 Å². The quantitative estimate of drug-likeness (QED) is 0.726. The summed E-state index contributed by atoms with van der Waals surface area (Å²) in [6.07, 6.45) is 0. The molecule has 3 rings (SSSR count). The molecule has 0 atom stereocenters. The second-order valence-electron chi connectivity index (χ2n) is 7.54. The normalized spacial score (nSPS) is 16.5. The average molecular weight is 308 g/mol. The molecule has 2 aromatic carbocycles. The summed E-state index contributed by atoms with van der Waals surface area (Å²) in [5, 5.41) is 0. The standard InChI is InChI=1S/C21H28N2/c1-14-11-17(4)20-18(12-14)21(5,6)23(13-22(20)7)19-15(2)9-8-10-16(19)3/h8-12H,13H2,1-7H3. The van der Waals surface area contributed by atoms with Gasteiger partial charge in [-0.2, -0.15) is 0 Å². The van der Waals surface area contributed by atoms with Crippen LogP contribution in [0.25, 0.3) is 0 Å². The minimum absolute atomic E-state index is 0.0322. The third kappa shape index (κ3) is 2.41. The Labute approximate surface area is 140 Å². The molecule has 0 saturated heterocycles. The molecule has 0 radical (unpaired) electrons. The Balaban J connectivity index is 2.23. The van der Waals surface area contributed by atoms with Gasteiger partial charge in [0.15, 0.2) is 0 Å². The molecule has 1 aliphatic rings. The van der Waals surface area contributed by atoms with Crippen LogP contribution in [0.4, 0.5) is 11.4 Å². The summed E-state index contributed by atoms with van der Waals surface area (Å²) in [6, 6.07) is 11.2. The Hall–Kier alpha value is -1.96. The summed E-state index contributed by atoms with van der Waals surface area (Å²) in [5.74, 6) is 0. The van der Waals surface area contributed by atoms with E-state index in [1.807, 2.05) is 0 Å². The van der Waals surface area contributed by atoms with Crippen molar-refractivity contribution in [1.82, 2.24) is 0 Å². The second kappa shape index (κ2) is 5.30. The van der Waals surface area contributed by atoms with Gasteiger partial charge in [0.2, 0.25) is 0 Å². The van der Waals surface area contributed by atoms with Crippen LogP contribution in [-0.4, -0.2) is 13.7 Å². The summed E-state index contributed by atoms with van der Waals surface area (Å²) in [5.41, 5.74) is 9.56. The first-order chi connectivity index (χ1) is 10.7. The smallest absolute Gasteiger partial charge is 0.0908 e. The van der Waals surface area contributed by atoms with Crippen molar-refractivity contribution in [3.05, 3.63) is 58.1 Å². The molecule has 2 heteroatoms. The molecule has 0 N–H and O–H groups in total. The number of aryl methyl sites for hydroxylation is 4. The Morgan fingerprint density at radius 2 is 1.48 bits per heavy atom. The van der Waals surface area contributed by atoms with E-state index in [0.29, 0.717) is 0 Å². The van der Waals surface area contributed by atoms with E-state index in [0.717, 1.165) is 6.67 Å². The maximum atomic E-state index is 2.55. The first-order valence-corrected chi connectivity index (χ1v) is 8.40. The van der Waals surface area contributed by atoms with Gasteiger partial charge in [-0.15, -0.1) is 0 Å². The number of hydrogen-bond donors (Lipinski definition) is 0. The average Bonchev–Trinajstić information content (AvgIpc) is 2.43. The molecule has 1 aliphatic heterocycles. The predicted molar refractivity (Wildman–Crippen MR) is 101 cm³/mol. The first kappa shape index (κ1) is 15.9. The van der Waals surface area contributed by atoms with Crippen LogP contribution in [0, 0.1) is 27.7 Å². The molecule has 122 valence electrons. The molecular weight excluding hydrogens is 280 g/mol. The van der Waals surface area contributed by atoms with E-state index in [1.54, 1.807) is 0 Å². The summed E-state index contributed by atoms with van der Waals surface area (Å²) in [7, 11) is 2.21. The molecule has 0 aromatic heterocycles. The topological polar surface area (TPSA) is 6.48 Å². The van der Waals surface area contributed by atoms with Gasteiger partial charge in [0.05, 0.1) is 12.2 Å². The van der Waals surface area contributed by atoms with Gasteiger partial charge in [0, 0.05) is 24.0 Å². The van der Waals surface area contributed by atoms with Crippen molar-refractivity contribution < 1.29 is 0 Å². The summed E-state index contributed by atoms with van der Waals surface area (Å²) >= 11 is 0. The molecule has 0 spiro atoms. The third-order valence-electron chi connectivity index (χ3n) is 5.22. The lowest BCUT2D eigenvalue weighted by molar-refractivity contribution is 0.458. The van der Waals surface area contributed by atoms with Crippen molar-refractivity contribution in [2.75, 3.05) is 23.5 Å². The zero-order chi connectivity index (χ0) is 16.9. The minimum Gasteiger partial charge on any atom is -0.356 e. The molecule has 23 heavy (non-hydrogen) atoms. The molecule has 0 saturated carbocycles. The molecule has 0 amide bonds. The van der Waals surface area contributed by atoms with E-state index in [9.17, 15) is 0 Å².